The number of benzene rings is 2. The SMILES string of the molecule is COc1ccccc1/C=C/C(=O)NC(=S)Nc1cccc(C(=O)NC(C)(C)C)c1. The van der Waals surface area contributed by atoms with E-state index >= 15 is 0 Å². The van der Waals surface area contributed by atoms with Crippen molar-refractivity contribution in [1.82, 2.24) is 10.6 Å². The quantitative estimate of drug-likeness (QED) is 0.516. The molecule has 0 aliphatic heterocycles. The van der Waals surface area contributed by atoms with Gasteiger partial charge >= 0.3 is 0 Å². The molecule has 0 aromatic heterocycles. The van der Waals surface area contributed by atoms with Gasteiger partial charge in [-0.1, -0.05) is 24.3 Å². The summed E-state index contributed by atoms with van der Waals surface area (Å²) < 4.78 is 5.24. The summed E-state index contributed by atoms with van der Waals surface area (Å²) in [4.78, 5) is 24.4. The average molecular weight is 412 g/mol. The van der Waals surface area contributed by atoms with Crippen molar-refractivity contribution in [3.05, 3.63) is 65.7 Å². The van der Waals surface area contributed by atoms with Crippen molar-refractivity contribution >= 4 is 40.9 Å². The standard InChI is InChI=1S/C22H25N3O3S/c1-22(2,3)25-20(27)16-9-7-10-17(14-16)23-21(29)24-19(26)13-12-15-8-5-6-11-18(15)28-4/h5-14H,1-4H3,(H,25,27)(H2,23,24,26,29)/b13-12+. The summed E-state index contributed by atoms with van der Waals surface area (Å²) in [6.45, 7) is 5.74. The molecule has 0 bridgehead atoms. The number of hydrogen-bond donors (Lipinski definition) is 3. The van der Waals surface area contributed by atoms with Crippen molar-refractivity contribution in [2.24, 2.45) is 0 Å². The van der Waals surface area contributed by atoms with E-state index in [1.54, 1.807) is 37.5 Å². The Bertz CT molecular complexity index is 933. The molecule has 0 unspecified atom stereocenters. The second-order valence-corrected chi connectivity index (χ2v) is 7.71. The van der Waals surface area contributed by atoms with Crippen LogP contribution in [0.2, 0.25) is 0 Å². The van der Waals surface area contributed by atoms with Gasteiger partial charge in [-0.25, -0.2) is 0 Å². The maximum Gasteiger partial charge on any atom is 0.251 e. The van der Waals surface area contributed by atoms with Gasteiger partial charge in [-0.2, -0.15) is 0 Å². The van der Waals surface area contributed by atoms with Crippen LogP contribution in [0.1, 0.15) is 36.7 Å². The highest BCUT2D eigenvalue weighted by atomic mass is 32.1. The predicted molar refractivity (Wildman–Crippen MR) is 120 cm³/mol. The number of anilines is 1. The van der Waals surface area contributed by atoms with E-state index in [9.17, 15) is 9.59 Å². The number of para-hydroxylation sites is 1. The number of hydrogen-bond acceptors (Lipinski definition) is 4. The van der Waals surface area contributed by atoms with E-state index in [0.29, 0.717) is 17.0 Å². The van der Waals surface area contributed by atoms with Crippen LogP contribution < -0.4 is 20.7 Å². The van der Waals surface area contributed by atoms with Crippen LogP contribution in [0.4, 0.5) is 5.69 Å². The molecule has 2 aromatic rings. The molecule has 2 aromatic carbocycles. The van der Waals surface area contributed by atoms with Gasteiger partial charge in [0.05, 0.1) is 7.11 Å². The number of methoxy groups -OCH3 is 1. The number of carbonyl (C=O) groups is 2. The van der Waals surface area contributed by atoms with Gasteiger partial charge in [0.15, 0.2) is 5.11 Å². The van der Waals surface area contributed by atoms with Crippen molar-refractivity contribution in [2.45, 2.75) is 26.3 Å². The molecule has 152 valence electrons. The summed E-state index contributed by atoms with van der Waals surface area (Å²) in [5.41, 5.74) is 1.54. The first kappa shape index (κ1) is 22.1. The minimum atomic E-state index is -0.380. The lowest BCUT2D eigenvalue weighted by atomic mass is 10.1. The molecule has 3 N–H and O–H groups in total. The summed E-state index contributed by atoms with van der Waals surface area (Å²) in [7, 11) is 1.57. The molecule has 0 saturated carbocycles. The van der Waals surface area contributed by atoms with Gasteiger partial charge in [0, 0.05) is 28.4 Å². The molecule has 6 nitrogen and oxygen atoms in total. The zero-order valence-corrected chi connectivity index (χ0v) is 17.7. The molecule has 2 rings (SSSR count). The molecule has 0 aliphatic carbocycles. The van der Waals surface area contributed by atoms with E-state index < -0.39 is 0 Å². The Morgan fingerprint density at radius 1 is 1.07 bits per heavy atom. The summed E-state index contributed by atoms with van der Waals surface area (Å²) in [5.74, 6) is 0.105. The van der Waals surface area contributed by atoms with Crippen LogP contribution in [0, 0.1) is 0 Å². The molecule has 0 heterocycles. The van der Waals surface area contributed by atoms with Gasteiger partial charge in [-0.15, -0.1) is 0 Å². The molecule has 0 radical (unpaired) electrons. The topological polar surface area (TPSA) is 79.5 Å². The van der Waals surface area contributed by atoms with Crippen molar-refractivity contribution < 1.29 is 14.3 Å². The van der Waals surface area contributed by atoms with E-state index in [-0.39, 0.29) is 22.5 Å². The zero-order chi connectivity index (χ0) is 21.4. The van der Waals surface area contributed by atoms with Crippen LogP contribution in [0.5, 0.6) is 5.75 Å². The first-order chi connectivity index (χ1) is 13.7. The highest BCUT2D eigenvalue weighted by molar-refractivity contribution is 7.80. The number of nitrogens with one attached hydrogen (secondary N) is 3. The van der Waals surface area contributed by atoms with Crippen molar-refractivity contribution in [1.29, 1.82) is 0 Å². The fourth-order valence-corrected chi connectivity index (χ4v) is 2.65. The molecule has 7 heteroatoms. The second-order valence-electron chi connectivity index (χ2n) is 7.30. The summed E-state index contributed by atoms with van der Waals surface area (Å²) in [6, 6.07) is 14.2. The van der Waals surface area contributed by atoms with Crippen LogP contribution in [0.3, 0.4) is 0 Å². The highest BCUT2D eigenvalue weighted by Crippen LogP contribution is 2.18. The first-order valence-corrected chi connectivity index (χ1v) is 9.44. The molecular weight excluding hydrogens is 386 g/mol. The predicted octanol–water partition coefficient (Wildman–Crippen LogP) is 3.75. The van der Waals surface area contributed by atoms with Crippen LogP contribution in [-0.2, 0) is 4.79 Å². The maximum atomic E-state index is 12.3. The van der Waals surface area contributed by atoms with Crippen molar-refractivity contribution in [3.63, 3.8) is 0 Å². The largest absolute Gasteiger partial charge is 0.496 e. The third-order valence-corrected chi connectivity index (χ3v) is 3.87. The fourth-order valence-electron chi connectivity index (χ4n) is 2.44. The van der Waals surface area contributed by atoms with Gasteiger partial charge in [-0.05, 0) is 63.3 Å². The Morgan fingerprint density at radius 3 is 2.48 bits per heavy atom. The average Bonchev–Trinajstić information content (AvgIpc) is 2.65. The maximum absolute atomic E-state index is 12.3. The second kappa shape index (κ2) is 9.84. The van der Waals surface area contributed by atoms with E-state index in [1.165, 1.54) is 6.08 Å². The Morgan fingerprint density at radius 2 is 1.79 bits per heavy atom. The van der Waals surface area contributed by atoms with E-state index in [2.05, 4.69) is 16.0 Å². The van der Waals surface area contributed by atoms with Crippen molar-refractivity contribution in [3.8, 4) is 5.75 Å². The van der Waals surface area contributed by atoms with Crippen LogP contribution in [0.25, 0.3) is 6.08 Å². The minimum Gasteiger partial charge on any atom is -0.496 e. The van der Waals surface area contributed by atoms with Gasteiger partial charge < -0.3 is 15.4 Å². The van der Waals surface area contributed by atoms with Gasteiger partial charge in [0.2, 0.25) is 5.91 Å². The number of carbonyl (C=O) groups excluding carboxylic acids is 2. The molecular formula is C22H25N3O3S. The summed E-state index contributed by atoms with van der Waals surface area (Å²) in [6.07, 6.45) is 3.02. The van der Waals surface area contributed by atoms with Crippen LogP contribution >= 0.6 is 12.2 Å². The van der Waals surface area contributed by atoms with Crippen LogP contribution in [-0.4, -0.2) is 29.6 Å². The Balaban J connectivity index is 1.97. The molecule has 29 heavy (non-hydrogen) atoms. The smallest absolute Gasteiger partial charge is 0.251 e. The third-order valence-electron chi connectivity index (χ3n) is 3.66. The zero-order valence-electron chi connectivity index (χ0n) is 16.9. The number of amides is 2. The number of thiocarbonyl (C=S) groups is 1. The first-order valence-electron chi connectivity index (χ1n) is 9.03. The molecule has 0 atom stereocenters. The van der Waals surface area contributed by atoms with Crippen molar-refractivity contribution in [2.75, 3.05) is 12.4 Å². The number of rotatable bonds is 5. The lowest BCUT2D eigenvalue weighted by Gasteiger charge is -2.20. The van der Waals surface area contributed by atoms with E-state index in [1.807, 2.05) is 45.0 Å². The third kappa shape index (κ3) is 7.38. The lowest BCUT2D eigenvalue weighted by Crippen LogP contribution is -2.40. The lowest BCUT2D eigenvalue weighted by molar-refractivity contribution is -0.115. The monoisotopic (exact) mass is 411 g/mol. The number of ether oxygens (including phenoxy) is 1. The molecule has 2 amide bonds. The van der Waals surface area contributed by atoms with E-state index in [0.717, 1.165) is 5.56 Å². The minimum absolute atomic E-state index is 0.132. The molecule has 0 aliphatic rings. The molecule has 0 spiro atoms. The fraction of sp³-hybridized carbons (Fsp3) is 0.227. The summed E-state index contributed by atoms with van der Waals surface area (Å²) in [5, 5.41) is 8.52. The Hall–Kier alpha value is -3.19. The van der Waals surface area contributed by atoms with Gasteiger partial charge in [0.25, 0.3) is 5.91 Å². The van der Waals surface area contributed by atoms with Gasteiger partial charge in [-0.3, -0.25) is 14.9 Å². The molecule has 0 fully saturated rings. The Labute approximate surface area is 176 Å². The highest BCUT2D eigenvalue weighted by Gasteiger charge is 2.15. The van der Waals surface area contributed by atoms with E-state index in [4.69, 9.17) is 17.0 Å². The normalized spacial score (nSPS) is 11.0. The summed E-state index contributed by atoms with van der Waals surface area (Å²) >= 11 is 5.19. The van der Waals surface area contributed by atoms with Gasteiger partial charge in [0.1, 0.15) is 5.75 Å². The van der Waals surface area contributed by atoms with Crippen LogP contribution in [0.15, 0.2) is 54.6 Å². The molecule has 0 saturated heterocycles. The Kier molecular flexibility index (Phi) is 7.50.